The molecule has 0 bridgehead atoms. The van der Waals surface area contributed by atoms with Crippen molar-refractivity contribution in [3.05, 3.63) is 11.7 Å². The van der Waals surface area contributed by atoms with Crippen LogP contribution in [-0.4, -0.2) is 36.2 Å². The van der Waals surface area contributed by atoms with Crippen LogP contribution in [0.1, 0.15) is 42.7 Å². The van der Waals surface area contributed by atoms with Gasteiger partial charge in [0.1, 0.15) is 0 Å². The molecule has 6 nitrogen and oxygen atoms in total. The third kappa shape index (κ3) is 2.17. The molecule has 0 aliphatic carbocycles. The Kier molecular flexibility index (Phi) is 3.42. The minimum absolute atomic E-state index is 0.112. The summed E-state index contributed by atoms with van der Waals surface area (Å²) in [4.78, 5) is 15.6. The van der Waals surface area contributed by atoms with E-state index >= 15 is 0 Å². The summed E-state index contributed by atoms with van der Waals surface area (Å²) in [6.07, 6.45) is 3.03. The molecule has 1 amide bonds. The van der Waals surface area contributed by atoms with Gasteiger partial charge >= 0.3 is 0 Å². The first-order chi connectivity index (χ1) is 8.22. The molecule has 6 heteroatoms. The van der Waals surface area contributed by atoms with E-state index in [1.807, 2.05) is 0 Å². The molecule has 1 aromatic heterocycles. The zero-order chi connectivity index (χ0) is 12.3. The lowest BCUT2D eigenvalue weighted by Gasteiger charge is -2.33. The van der Waals surface area contributed by atoms with Gasteiger partial charge in [-0.1, -0.05) is 12.1 Å². The van der Waals surface area contributed by atoms with Gasteiger partial charge in [0.15, 0.2) is 0 Å². The average Bonchev–Trinajstić information content (AvgIpc) is 2.88. The van der Waals surface area contributed by atoms with Crippen LogP contribution in [0.4, 0.5) is 0 Å². The van der Waals surface area contributed by atoms with Gasteiger partial charge in [-0.25, -0.2) is 0 Å². The van der Waals surface area contributed by atoms with Crippen LogP contribution < -0.4 is 10.6 Å². The van der Waals surface area contributed by atoms with Crippen molar-refractivity contribution in [3.8, 4) is 0 Å². The largest absolute Gasteiger partial charge is 0.352 e. The van der Waals surface area contributed by atoms with E-state index in [1.54, 1.807) is 7.05 Å². The molecule has 1 atom stereocenters. The monoisotopic (exact) mass is 238 g/mol. The van der Waals surface area contributed by atoms with E-state index in [9.17, 15) is 4.79 Å². The molecule has 0 spiro atoms. The number of rotatable bonds is 3. The predicted octanol–water partition coefficient (Wildman–Crippen LogP) is 0.460. The average molecular weight is 238 g/mol. The van der Waals surface area contributed by atoms with Crippen molar-refractivity contribution in [2.75, 3.05) is 20.1 Å². The maximum atomic E-state index is 11.4. The summed E-state index contributed by atoms with van der Waals surface area (Å²) in [5.74, 6) is 0.377. The van der Waals surface area contributed by atoms with E-state index in [4.69, 9.17) is 4.52 Å². The van der Waals surface area contributed by atoms with E-state index in [0.717, 1.165) is 32.4 Å². The molecule has 2 rings (SSSR count). The molecule has 1 fully saturated rings. The van der Waals surface area contributed by atoms with E-state index < -0.39 is 0 Å². The third-order valence-corrected chi connectivity index (χ3v) is 3.46. The number of nitrogens with one attached hydrogen (secondary N) is 2. The van der Waals surface area contributed by atoms with Gasteiger partial charge in [-0.15, -0.1) is 0 Å². The van der Waals surface area contributed by atoms with Crippen molar-refractivity contribution in [1.29, 1.82) is 0 Å². The molecule has 1 aliphatic rings. The number of hydrogen-bond donors (Lipinski definition) is 2. The number of nitrogens with zero attached hydrogens (tertiary/aromatic N) is 2. The van der Waals surface area contributed by atoms with E-state index in [-0.39, 0.29) is 17.1 Å². The van der Waals surface area contributed by atoms with Gasteiger partial charge in [-0.05, 0) is 25.8 Å². The predicted molar refractivity (Wildman–Crippen MR) is 61.8 cm³/mol. The van der Waals surface area contributed by atoms with Gasteiger partial charge in [0.05, 0.1) is 5.41 Å². The van der Waals surface area contributed by atoms with Crippen molar-refractivity contribution in [1.82, 2.24) is 20.8 Å². The maximum Gasteiger partial charge on any atom is 0.292 e. The topological polar surface area (TPSA) is 80.1 Å². The van der Waals surface area contributed by atoms with E-state index in [2.05, 4.69) is 27.7 Å². The minimum atomic E-state index is -0.310. The third-order valence-electron chi connectivity index (χ3n) is 3.46. The molecular formula is C11H18N4O2. The van der Waals surface area contributed by atoms with Crippen LogP contribution in [0.5, 0.6) is 0 Å². The van der Waals surface area contributed by atoms with E-state index in [0.29, 0.717) is 5.89 Å². The molecule has 1 aromatic rings. The normalized spacial score (nSPS) is 24.6. The summed E-state index contributed by atoms with van der Waals surface area (Å²) in [5.41, 5.74) is -0.114. The van der Waals surface area contributed by atoms with Gasteiger partial charge in [0.2, 0.25) is 5.89 Å². The molecule has 0 radical (unpaired) electrons. The second-order valence-electron chi connectivity index (χ2n) is 4.42. The van der Waals surface area contributed by atoms with Crippen LogP contribution in [0.3, 0.4) is 0 Å². The molecule has 17 heavy (non-hydrogen) atoms. The minimum Gasteiger partial charge on any atom is -0.352 e. The lowest BCUT2D eigenvalue weighted by atomic mass is 9.78. The molecule has 94 valence electrons. The summed E-state index contributed by atoms with van der Waals surface area (Å²) in [6.45, 7) is 3.97. The Balaban J connectivity index is 2.25. The van der Waals surface area contributed by atoms with Crippen LogP contribution >= 0.6 is 0 Å². The molecule has 2 N–H and O–H groups in total. The smallest absolute Gasteiger partial charge is 0.292 e. The number of carbonyl (C=O) groups is 1. The van der Waals surface area contributed by atoms with Crippen molar-refractivity contribution in [3.63, 3.8) is 0 Å². The Morgan fingerprint density at radius 3 is 3.06 bits per heavy atom. The first-order valence-corrected chi connectivity index (χ1v) is 5.99. The fraction of sp³-hybridized carbons (Fsp3) is 0.727. The Hall–Kier alpha value is -1.43. The highest BCUT2D eigenvalue weighted by molar-refractivity contribution is 5.89. The zero-order valence-corrected chi connectivity index (χ0v) is 10.2. The summed E-state index contributed by atoms with van der Waals surface area (Å²) in [6, 6.07) is 0. The van der Waals surface area contributed by atoms with Crippen molar-refractivity contribution < 1.29 is 9.32 Å². The summed E-state index contributed by atoms with van der Waals surface area (Å²) in [5, 5.41) is 9.57. The molecule has 2 heterocycles. The lowest BCUT2D eigenvalue weighted by molar-refractivity contribution is 0.0950. The van der Waals surface area contributed by atoms with Gasteiger partial charge in [-0.3, -0.25) is 4.79 Å². The van der Waals surface area contributed by atoms with Gasteiger partial charge in [0, 0.05) is 13.6 Å². The Morgan fingerprint density at radius 2 is 2.47 bits per heavy atom. The zero-order valence-electron chi connectivity index (χ0n) is 10.2. The second-order valence-corrected chi connectivity index (χ2v) is 4.42. The number of hydrogen-bond acceptors (Lipinski definition) is 5. The van der Waals surface area contributed by atoms with Gasteiger partial charge in [0.25, 0.3) is 11.7 Å². The van der Waals surface area contributed by atoms with Crippen LogP contribution in [0.2, 0.25) is 0 Å². The second kappa shape index (κ2) is 4.83. The van der Waals surface area contributed by atoms with Crippen LogP contribution in [0.15, 0.2) is 4.52 Å². The number of aromatic nitrogens is 2. The highest BCUT2D eigenvalue weighted by Gasteiger charge is 2.38. The summed E-state index contributed by atoms with van der Waals surface area (Å²) in [7, 11) is 1.55. The Bertz CT molecular complexity index is 396. The van der Waals surface area contributed by atoms with Gasteiger partial charge in [-0.2, -0.15) is 4.98 Å². The number of amides is 1. The number of piperidine rings is 1. The molecule has 0 saturated carbocycles. The fourth-order valence-corrected chi connectivity index (χ4v) is 2.25. The van der Waals surface area contributed by atoms with Crippen LogP contribution in [0.25, 0.3) is 0 Å². The Morgan fingerprint density at radius 1 is 1.65 bits per heavy atom. The SMILES string of the molecule is CCC1(c2nc(C(=O)NC)no2)CCCNC1. The Labute approximate surface area is 100 Å². The van der Waals surface area contributed by atoms with Crippen LogP contribution in [0, 0.1) is 0 Å². The summed E-state index contributed by atoms with van der Waals surface area (Å²) >= 11 is 0. The number of carbonyl (C=O) groups excluding carboxylic acids is 1. The van der Waals surface area contributed by atoms with Crippen LogP contribution in [-0.2, 0) is 5.41 Å². The molecule has 1 saturated heterocycles. The molecule has 0 aromatic carbocycles. The molecular weight excluding hydrogens is 220 g/mol. The highest BCUT2D eigenvalue weighted by Crippen LogP contribution is 2.33. The van der Waals surface area contributed by atoms with E-state index in [1.165, 1.54) is 0 Å². The first-order valence-electron chi connectivity index (χ1n) is 5.99. The van der Waals surface area contributed by atoms with Gasteiger partial charge < -0.3 is 15.2 Å². The molecule has 1 unspecified atom stereocenters. The first kappa shape index (κ1) is 12.0. The highest BCUT2D eigenvalue weighted by atomic mass is 16.5. The summed E-state index contributed by atoms with van der Waals surface area (Å²) < 4.78 is 5.26. The maximum absolute atomic E-state index is 11.4. The van der Waals surface area contributed by atoms with Crippen molar-refractivity contribution in [2.45, 2.75) is 31.6 Å². The molecule has 1 aliphatic heterocycles. The quantitative estimate of drug-likeness (QED) is 0.799. The fourth-order valence-electron chi connectivity index (χ4n) is 2.25. The lowest BCUT2D eigenvalue weighted by Crippen LogP contribution is -2.43. The van der Waals surface area contributed by atoms with Crippen molar-refractivity contribution in [2.24, 2.45) is 0 Å². The van der Waals surface area contributed by atoms with Crippen molar-refractivity contribution >= 4 is 5.91 Å². The standard InChI is InChI=1S/C11H18N4O2/c1-3-11(5-4-6-13-7-11)10-14-8(15-17-10)9(16)12-2/h13H,3-7H2,1-2H3,(H,12,16).